The van der Waals surface area contributed by atoms with Gasteiger partial charge >= 0.3 is 0 Å². The third-order valence-electron chi connectivity index (χ3n) is 3.20. The molecule has 0 unspecified atom stereocenters. The molecule has 0 aliphatic rings. The summed E-state index contributed by atoms with van der Waals surface area (Å²) < 4.78 is 28.7. The Morgan fingerprint density at radius 3 is 2.83 bits per heavy atom. The van der Waals surface area contributed by atoms with Crippen LogP contribution in [-0.4, -0.2) is 28.6 Å². The average molecular weight is 449 g/mol. The van der Waals surface area contributed by atoms with Gasteiger partial charge in [0.25, 0.3) is 0 Å². The van der Waals surface area contributed by atoms with E-state index in [4.69, 9.17) is 0 Å². The number of hydrogen-bond acceptors (Lipinski definition) is 2. The normalized spacial score (nSPS) is 11.0. The summed E-state index contributed by atoms with van der Waals surface area (Å²) >= 11 is 0. The average Bonchev–Trinajstić information content (AvgIpc) is 3.05. The number of benzene rings is 1. The van der Waals surface area contributed by atoms with Crippen LogP contribution in [0.25, 0.3) is 0 Å². The number of hydrogen-bond donors (Lipinski definition) is 2. The van der Waals surface area contributed by atoms with E-state index in [2.05, 4.69) is 20.6 Å². The first-order valence-electron chi connectivity index (χ1n) is 7.61. The SMILES string of the molecule is CCNC(=NCc1cc(F)ccc1F)NCCCn1ccnc1.I. The molecule has 2 rings (SSSR count). The second-order valence-electron chi connectivity index (χ2n) is 5.01. The molecule has 1 aromatic carbocycles. The molecule has 2 aromatic rings. The summed E-state index contributed by atoms with van der Waals surface area (Å²) in [6.45, 7) is 4.30. The maximum Gasteiger partial charge on any atom is 0.191 e. The minimum atomic E-state index is -0.463. The molecule has 0 saturated carbocycles. The van der Waals surface area contributed by atoms with Crippen molar-refractivity contribution in [1.29, 1.82) is 0 Å². The lowest BCUT2D eigenvalue weighted by Crippen LogP contribution is -2.38. The fourth-order valence-electron chi connectivity index (χ4n) is 2.06. The lowest BCUT2D eigenvalue weighted by atomic mass is 10.2. The fraction of sp³-hybridized carbons (Fsp3) is 0.375. The molecule has 0 spiro atoms. The van der Waals surface area contributed by atoms with Crippen molar-refractivity contribution in [2.24, 2.45) is 4.99 Å². The first kappa shape index (κ1) is 20.3. The van der Waals surface area contributed by atoms with Crippen LogP contribution in [0, 0.1) is 11.6 Å². The second kappa shape index (κ2) is 11.0. The Morgan fingerprint density at radius 1 is 1.29 bits per heavy atom. The van der Waals surface area contributed by atoms with Crippen LogP contribution in [0.5, 0.6) is 0 Å². The van der Waals surface area contributed by atoms with Crippen molar-refractivity contribution in [1.82, 2.24) is 20.2 Å². The zero-order valence-corrected chi connectivity index (χ0v) is 15.8. The lowest BCUT2D eigenvalue weighted by Gasteiger charge is -2.11. The van der Waals surface area contributed by atoms with E-state index < -0.39 is 11.6 Å². The fourth-order valence-corrected chi connectivity index (χ4v) is 2.06. The van der Waals surface area contributed by atoms with E-state index >= 15 is 0 Å². The van der Waals surface area contributed by atoms with Crippen molar-refractivity contribution < 1.29 is 8.78 Å². The van der Waals surface area contributed by atoms with Gasteiger partial charge in [0.05, 0.1) is 12.9 Å². The third-order valence-corrected chi connectivity index (χ3v) is 3.20. The first-order valence-corrected chi connectivity index (χ1v) is 7.61. The summed E-state index contributed by atoms with van der Waals surface area (Å²) in [4.78, 5) is 8.27. The van der Waals surface area contributed by atoms with Crippen LogP contribution in [-0.2, 0) is 13.1 Å². The van der Waals surface area contributed by atoms with E-state index in [9.17, 15) is 8.78 Å². The van der Waals surface area contributed by atoms with Crippen molar-refractivity contribution >= 4 is 29.9 Å². The van der Waals surface area contributed by atoms with Crippen molar-refractivity contribution in [2.75, 3.05) is 13.1 Å². The molecule has 0 saturated heterocycles. The zero-order valence-electron chi connectivity index (χ0n) is 13.5. The van der Waals surface area contributed by atoms with Crippen LogP contribution in [0.4, 0.5) is 8.78 Å². The number of aliphatic imine (C=N–C) groups is 1. The Bertz CT molecular complexity index is 631. The third kappa shape index (κ3) is 6.81. The van der Waals surface area contributed by atoms with Gasteiger partial charge in [-0.25, -0.2) is 18.8 Å². The Kier molecular flexibility index (Phi) is 9.28. The minimum absolute atomic E-state index is 0. The smallest absolute Gasteiger partial charge is 0.191 e. The molecule has 0 atom stereocenters. The molecule has 0 bridgehead atoms. The van der Waals surface area contributed by atoms with Crippen LogP contribution in [0.15, 0.2) is 41.9 Å². The quantitative estimate of drug-likeness (QED) is 0.296. The second-order valence-corrected chi connectivity index (χ2v) is 5.01. The first-order chi connectivity index (χ1) is 11.2. The van der Waals surface area contributed by atoms with E-state index in [1.54, 1.807) is 12.5 Å². The summed E-state index contributed by atoms with van der Waals surface area (Å²) in [5.41, 5.74) is 0.237. The monoisotopic (exact) mass is 449 g/mol. The molecule has 0 amide bonds. The highest BCUT2D eigenvalue weighted by Gasteiger charge is 2.04. The van der Waals surface area contributed by atoms with E-state index in [0.29, 0.717) is 12.5 Å². The molecular weight excluding hydrogens is 427 g/mol. The standard InChI is InChI=1S/C16H21F2N5.HI/c1-2-20-16(21-6-3-8-23-9-7-19-12-23)22-11-13-10-14(17)4-5-15(13)18;/h4-5,7,9-10,12H,2-3,6,8,11H2,1H3,(H2,20,21,22);1H. The molecule has 1 aromatic heterocycles. The molecule has 8 heteroatoms. The molecule has 24 heavy (non-hydrogen) atoms. The number of nitrogens with one attached hydrogen (secondary N) is 2. The van der Waals surface area contributed by atoms with Crippen LogP contribution >= 0.6 is 24.0 Å². The predicted octanol–water partition coefficient (Wildman–Crippen LogP) is 2.92. The maximum atomic E-state index is 13.6. The molecule has 0 radical (unpaired) electrons. The summed E-state index contributed by atoms with van der Waals surface area (Å²) in [6, 6.07) is 3.38. The van der Waals surface area contributed by atoms with Crippen LogP contribution in [0.1, 0.15) is 18.9 Å². The zero-order chi connectivity index (χ0) is 16.5. The largest absolute Gasteiger partial charge is 0.357 e. The Hall–Kier alpha value is -1.71. The van der Waals surface area contributed by atoms with E-state index in [0.717, 1.165) is 31.6 Å². The Labute approximate surface area is 157 Å². The van der Waals surface area contributed by atoms with Gasteiger partial charge in [-0.3, -0.25) is 0 Å². The predicted molar refractivity (Wildman–Crippen MR) is 101 cm³/mol. The van der Waals surface area contributed by atoms with Crippen LogP contribution in [0.3, 0.4) is 0 Å². The lowest BCUT2D eigenvalue weighted by molar-refractivity contribution is 0.585. The number of halogens is 3. The summed E-state index contributed by atoms with van der Waals surface area (Å²) in [7, 11) is 0. The van der Waals surface area contributed by atoms with Gasteiger partial charge in [-0.05, 0) is 31.5 Å². The van der Waals surface area contributed by atoms with Gasteiger partial charge in [0.1, 0.15) is 11.6 Å². The summed E-state index contributed by atoms with van der Waals surface area (Å²) in [5.74, 6) is -0.331. The van der Waals surface area contributed by atoms with E-state index in [1.807, 2.05) is 17.7 Å². The van der Waals surface area contributed by atoms with Gasteiger partial charge in [-0.1, -0.05) is 0 Å². The van der Waals surface area contributed by atoms with Crippen LogP contribution < -0.4 is 10.6 Å². The van der Waals surface area contributed by atoms with Gasteiger partial charge < -0.3 is 15.2 Å². The van der Waals surface area contributed by atoms with Gasteiger partial charge in [0.2, 0.25) is 0 Å². The minimum Gasteiger partial charge on any atom is -0.357 e. The number of aryl methyl sites for hydroxylation is 1. The number of aromatic nitrogens is 2. The van der Waals surface area contributed by atoms with Crippen molar-refractivity contribution in [3.05, 3.63) is 54.1 Å². The molecule has 2 N–H and O–H groups in total. The summed E-state index contributed by atoms with van der Waals surface area (Å²) in [6.07, 6.45) is 6.32. The molecular formula is C16H22F2IN5. The molecule has 0 fully saturated rings. The van der Waals surface area contributed by atoms with Gasteiger partial charge in [0, 0.05) is 37.6 Å². The molecule has 132 valence electrons. The number of guanidine groups is 1. The highest BCUT2D eigenvalue weighted by atomic mass is 127. The molecule has 0 aliphatic heterocycles. The maximum absolute atomic E-state index is 13.6. The highest BCUT2D eigenvalue weighted by Crippen LogP contribution is 2.10. The summed E-state index contributed by atoms with van der Waals surface area (Å²) in [5, 5.41) is 6.26. The Morgan fingerprint density at radius 2 is 2.12 bits per heavy atom. The van der Waals surface area contributed by atoms with Crippen molar-refractivity contribution in [2.45, 2.75) is 26.4 Å². The highest BCUT2D eigenvalue weighted by molar-refractivity contribution is 14.0. The van der Waals surface area contributed by atoms with E-state index in [-0.39, 0.29) is 36.1 Å². The number of nitrogens with zero attached hydrogens (tertiary/aromatic N) is 3. The molecule has 5 nitrogen and oxygen atoms in total. The van der Waals surface area contributed by atoms with Crippen molar-refractivity contribution in [3.8, 4) is 0 Å². The van der Waals surface area contributed by atoms with Crippen molar-refractivity contribution in [3.63, 3.8) is 0 Å². The number of imidazole rings is 1. The van der Waals surface area contributed by atoms with Gasteiger partial charge in [-0.2, -0.15) is 0 Å². The molecule has 1 heterocycles. The number of rotatable bonds is 7. The van der Waals surface area contributed by atoms with E-state index in [1.165, 1.54) is 6.07 Å². The Balaban J connectivity index is 0.00000288. The van der Waals surface area contributed by atoms with Gasteiger partial charge in [0.15, 0.2) is 5.96 Å². The van der Waals surface area contributed by atoms with Crippen LogP contribution in [0.2, 0.25) is 0 Å². The van der Waals surface area contributed by atoms with Gasteiger partial charge in [-0.15, -0.1) is 24.0 Å². The topological polar surface area (TPSA) is 54.2 Å². The molecule has 0 aliphatic carbocycles.